The van der Waals surface area contributed by atoms with E-state index in [1.165, 1.54) is 19.1 Å². The summed E-state index contributed by atoms with van der Waals surface area (Å²) in [6.45, 7) is 3.62. The number of benzene rings is 1. The Hall–Kier alpha value is -2.02. The lowest BCUT2D eigenvalue weighted by atomic mass is 10.0. The van der Waals surface area contributed by atoms with Crippen molar-refractivity contribution in [2.45, 2.75) is 32.7 Å². The number of aromatic nitrogens is 1. The maximum absolute atomic E-state index is 13.2. The molecule has 2 N–H and O–H groups in total. The Bertz CT molecular complexity index is 704. The van der Waals surface area contributed by atoms with Crippen LogP contribution in [0.25, 0.3) is 10.9 Å². The number of aliphatic hydroxyl groups excluding tert-OH is 1. The lowest BCUT2D eigenvalue weighted by Crippen LogP contribution is -2.13. The maximum atomic E-state index is 13.2. The van der Waals surface area contributed by atoms with Gasteiger partial charge in [0.05, 0.1) is 5.56 Å². The molecule has 2 aromatic rings. The molecule has 0 aliphatic heterocycles. The number of alkyl halides is 3. The van der Waals surface area contributed by atoms with Crippen LogP contribution in [-0.4, -0.2) is 20.7 Å². The zero-order chi connectivity index (χ0) is 15.9. The van der Waals surface area contributed by atoms with Gasteiger partial charge in [0.15, 0.2) is 6.10 Å². The van der Waals surface area contributed by atoms with Crippen molar-refractivity contribution >= 4 is 16.9 Å². The monoisotopic (exact) mass is 301 g/mol. The number of rotatable bonds is 3. The third-order valence-corrected chi connectivity index (χ3v) is 3.53. The number of carboxylic acids is 1. The van der Waals surface area contributed by atoms with Crippen LogP contribution in [0.3, 0.4) is 0 Å². The molecule has 4 nitrogen and oxygen atoms in total. The average Bonchev–Trinajstić information content (AvgIpc) is 2.67. The van der Waals surface area contributed by atoms with Gasteiger partial charge in [0.1, 0.15) is 0 Å². The van der Waals surface area contributed by atoms with Crippen molar-refractivity contribution in [3.8, 4) is 0 Å². The fourth-order valence-corrected chi connectivity index (χ4v) is 2.66. The van der Waals surface area contributed by atoms with Crippen LogP contribution in [0.4, 0.5) is 13.2 Å². The fourth-order valence-electron chi connectivity index (χ4n) is 2.66. The van der Waals surface area contributed by atoms with E-state index in [0.29, 0.717) is 12.2 Å². The van der Waals surface area contributed by atoms with E-state index in [9.17, 15) is 23.1 Å². The molecule has 1 atom stereocenters. The first-order chi connectivity index (χ1) is 9.70. The Labute approximate surface area is 118 Å². The molecule has 0 fully saturated rings. The van der Waals surface area contributed by atoms with Crippen molar-refractivity contribution in [2.75, 3.05) is 0 Å². The highest BCUT2D eigenvalue weighted by Gasteiger charge is 2.36. The molecule has 0 bridgehead atoms. The molecule has 21 heavy (non-hydrogen) atoms. The summed E-state index contributed by atoms with van der Waals surface area (Å²) in [6.07, 6.45) is -6.62. The van der Waals surface area contributed by atoms with Gasteiger partial charge in [-0.25, -0.2) is 4.79 Å². The molecule has 0 saturated heterocycles. The molecular formula is C14H14F3NO3. The molecular weight excluding hydrogens is 287 g/mol. The van der Waals surface area contributed by atoms with Gasteiger partial charge in [0.2, 0.25) is 0 Å². The van der Waals surface area contributed by atoms with E-state index in [0.717, 1.165) is 6.07 Å². The Morgan fingerprint density at radius 2 is 2.00 bits per heavy atom. The number of halogens is 3. The Balaban J connectivity index is 2.95. The van der Waals surface area contributed by atoms with Crippen molar-refractivity contribution in [3.63, 3.8) is 0 Å². The van der Waals surface area contributed by atoms with Gasteiger partial charge >= 0.3 is 12.1 Å². The maximum Gasteiger partial charge on any atom is 0.417 e. The molecule has 1 unspecified atom stereocenters. The lowest BCUT2D eigenvalue weighted by molar-refractivity contribution is -0.147. The molecule has 0 aliphatic carbocycles. The second kappa shape index (κ2) is 5.07. The first-order valence-corrected chi connectivity index (χ1v) is 6.29. The van der Waals surface area contributed by atoms with E-state index < -0.39 is 23.8 Å². The molecule has 1 aromatic carbocycles. The van der Waals surface area contributed by atoms with Gasteiger partial charge in [-0.05, 0) is 26.0 Å². The molecule has 2 rings (SSSR count). The minimum Gasteiger partial charge on any atom is -0.479 e. The molecule has 1 heterocycles. The lowest BCUT2D eigenvalue weighted by Gasteiger charge is -2.11. The van der Waals surface area contributed by atoms with Crippen molar-refractivity contribution in [2.24, 2.45) is 0 Å². The predicted octanol–water partition coefficient (Wildman–Crippen LogP) is 3.11. The fraction of sp³-hybridized carbons (Fsp3) is 0.357. The highest BCUT2D eigenvalue weighted by Crippen LogP contribution is 2.40. The first kappa shape index (κ1) is 15.4. The molecule has 114 valence electrons. The van der Waals surface area contributed by atoms with Gasteiger partial charge in [0, 0.05) is 28.7 Å². The Morgan fingerprint density at radius 1 is 1.38 bits per heavy atom. The smallest absolute Gasteiger partial charge is 0.417 e. The third kappa shape index (κ3) is 2.37. The van der Waals surface area contributed by atoms with Crippen LogP contribution in [0.2, 0.25) is 0 Å². The number of nitrogens with zero attached hydrogens (tertiary/aromatic N) is 1. The van der Waals surface area contributed by atoms with Crippen LogP contribution in [-0.2, 0) is 17.5 Å². The van der Waals surface area contributed by atoms with Crippen LogP contribution in [0, 0.1) is 6.92 Å². The van der Waals surface area contributed by atoms with Gasteiger partial charge in [-0.1, -0.05) is 6.07 Å². The molecule has 7 heteroatoms. The summed E-state index contributed by atoms with van der Waals surface area (Å²) >= 11 is 0. The first-order valence-electron chi connectivity index (χ1n) is 6.29. The van der Waals surface area contributed by atoms with Gasteiger partial charge in [0.25, 0.3) is 0 Å². The number of fused-ring (bicyclic) bond motifs is 1. The molecule has 0 spiro atoms. The molecule has 0 aliphatic rings. The third-order valence-electron chi connectivity index (χ3n) is 3.53. The summed E-state index contributed by atoms with van der Waals surface area (Å²) in [6, 6.07) is 3.65. The summed E-state index contributed by atoms with van der Waals surface area (Å²) < 4.78 is 41.1. The second-order valence-electron chi connectivity index (χ2n) is 4.68. The van der Waals surface area contributed by atoms with Crippen LogP contribution in [0.15, 0.2) is 18.2 Å². The normalized spacial score (nSPS) is 13.6. The predicted molar refractivity (Wildman–Crippen MR) is 69.9 cm³/mol. The van der Waals surface area contributed by atoms with Crippen LogP contribution >= 0.6 is 0 Å². The largest absolute Gasteiger partial charge is 0.479 e. The SMILES string of the molecule is CCn1c(C)c(C(O)C(=O)O)c2c(C(F)(F)F)cccc21. The van der Waals surface area contributed by atoms with Crippen LogP contribution < -0.4 is 0 Å². The van der Waals surface area contributed by atoms with Crippen molar-refractivity contribution in [1.82, 2.24) is 4.57 Å². The Kier molecular flexibility index (Phi) is 3.71. The summed E-state index contributed by atoms with van der Waals surface area (Å²) in [5.41, 5.74) is -0.558. The highest BCUT2D eigenvalue weighted by molar-refractivity contribution is 5.93. The van der Waals surface area contributed by atoms with Crippen molar-refractivity contribution in [1.29, 1.82) is 0 Å². The number of aryl methyl sites for hydroxylation is 1. The summed E-state index contributed by atoms with van der Waals surface area (Å²) in [7, 11) is 0. The van der Waals surface area contributed by atoms with Crippen molar-refractivity contribution < 1.29 is 28.2 Å². The van der Waals surface area contributed by atoms with Crippen LogP contribution in [0.5, 0.6) is 0 Å². The minimum absolute atomic E-state index is 0.202. The number of hydrogen-bond acceptors (Lipinski definition) is 2. The molecule has 0 radical (unpaired) electrons. The second-order valence-corrected chi connectivity index (χ2v) is 4.68. The van der Waals surface area contributed by atoms with Gasteiger partial charge < -0.3 is 14.8 Å². The van der Waals surface area contributed by atoms with Gasteiger partial charge in [-0.2, -0.15) is 13.2 Å². The van der Waals surface area contributed by atoms with Crippen LogP contribution in [0.1, 0.15) is 29.8 Å². The summed E-state index contributed by atoms with van der Waals surface area (Å²) in [4.78, 5) is 11.0. The summed E-state index contributed by atoms with van der Waals surface area (Å²) in [5, 5.41) is 18.5. The zero-order valence-corrected chi connectivity index (χ0v) is 11.4. The van der Waals surface area contributed by atoms with E-state index in [1.54, 1.807) is 11.5 Å². The number of aliphatic hydroxyl groups is 1. The van der Waals surface area contributed by atoms with Crippen molar-refractivity contribution in [3.05, 3.63) is 35.0 Å². The van der Waals surface area contributed by atoms with E-state index in [4.69, 9.17) is 5.11 Å². The van der Waals surface area contributed by atoms with Gasteiger partial charge in [-0.3, -0.25) is 0 Å². The van der Waals surface area contributed by atoms with E-state index in [-0.39, 0.29) is 16.5 Å². The van der Waals surface area contributed by atoms with E-state index >= 15 is 0 Å². The quantitative estimate of drug-likeness (QED) is 0.915. The zero-order valence-electron chi connectivity index (χ0n) is 11.4. The average molecular weight is 301 g/mol. The molecule has 0 saturated carbocycles. The highest BCUT2D eigenvalue weighted by atomic mass is 19.4. The topological polar surface area (TPSA) is 62.5 Å². The number of aliphatic carboxylic acids is 1. The minimum atomic E-state index is -4.63. The van der Waals surface area contributed by atoms with Gasteiger partial charge in [-0.15, -0.1) is 0 Å². The molecule has 0 amide bonds. The summed E-state index contributed by atoms with van der Waals surface area (Å²) in [5.74, 6) is -1.58. The Morgan fingerprint density at radius 3 is 2.48 bits per heavy atom. The number of carbonyl (C=O) groups is 1. The molecule has 1 aromatic heterocycles. The van der Waals surface area contributed by atoms with E-state index in [1.807, 2.05) is 0 Å². The standard InChI is InChI=1S/C14H14F3NO3/c1-3-18-7(2)10(12(19)13(20)21)11-8(14(15,16)17)5-4-6-9(11)18/h4-6,12,19H,3H2,1-2H3,(H,20,21). The number of carboxylic acid groups (broad SMARTS) is 1. The van der Waals surface area contributed by atoms with E-state index in [2.05, 4.69) is 0 Å². The number of hydrogen-bond donors (Lipinski definition) is 2.